The van der Waals surface area contributed by atoms with Crippen molar-refractivity contribution >= 4 is 23.1 Å². The minimum atomic E-state index is -0.536. The Morgan fingerprint density at radius 3 is 2.71 bits per heavy atom. The minimum Gasteiger partial charge on any atom is -0.444 e. The summed E-state index contributed by atoms with van der Waals surface area (Å²) in [6, 6.07) is 1.57. The quantitative estimate of drug-likeness (QED) is 0.453. The largest absolute Gasteiger partial charge is 0.444 e. The minimum absolute atomic E-state index is 0.0672. The van der Waals surface area contributed by atoms with Gasteiger partial charge in [0, 0.05) is 36.1 Å². The highest BCUT2D eigenvalue weighted by Gasteiger charge is 2.29. The van der Waals surface area contributed by atoms with Gasteiger partial charge in [-0.1, -0.05) is 0 Å². The van der Waals surface area contributed by atoms with Crippen LogP contribution in [0.2, 0.25) is 0 Å². The number of likely N-dealkylation sites (tertiary alicyclic amines) is 1. The molecule has 0 radical (unpaired) electrons. The summed E-state index contributed by atoms with van der Waals surface area (Å²) in [6.07, 6.45) is 4.97. The molecule has 0 atom stereocenters. The number of hydrogen-bond donors (Lipinski definition) is 1. The molecule has 4 aromatic heterocycles. The number of hydrogen-bond acceptors (Lipinski definition) is 9. The van der Waals surface area contributed by atoms with E-state index in [-0.39, 0.29) is 23.5 Å². The van der Waals surface area contributed by atoms with E-state index < -0.39 is 5.60 Å². The Morgan fingerprint density at radius 2 is 2.03 bits per heavy atom. The number of H-pyrrole nitrogens is 1. The van der Waals surface area contributed by atoms with Crippen LogP contribution in [0.5, 0.6) is 0 Å². The van der Waals surface area contributed by atoms with Gasteiger partial charge in [0.05, 0.1) is 18.3 Å². The second-order valence-corrected chi connectivity index (χ2v) is 11.0. The molecule has 12 heteroatoms. The van der Waals surface area contributed by atoms with Gasteiger partial charge in [-0.15, -0.1) is 21.5 Å². The van der Waals surface area contributed by atoms with Gasteiger partial charge in [0.1, 0.15) is 21.8 Å². The number of thiazole rings is 1. The molecule has 184 valence electrons. The van der Waals surface area contributed by atoms with Gasteiger partial charge >= 0.3 is 6.09 Å². The smallest absolute Gasteiger partial charge is 0.410 e. The fourth-order valence-corrected chi connectivity index (χ4v) is 4.97. The van der Waals surface area contributed by atoms with E-state index >= 15 is 0 Å². The van der Waals surface area contributed by atoms with Crippen LogP contribution >= 0.6 is 11.3 Å². The van der Waals surface area contributed by atoms with E-state index in [2.05, 4.69) is 25.3 Å². The van der Waals surface area contributed by atoms with Crippen molar-refractivity contribution < 1.29 is 13.9 Å². The van der Waals surface area contributed by atoms with Gasteiger partial charge in [0.2, 0.25) is 5.89 Å². The molecular formula is C23H27N7O4S. The number of amides is 1. The highest BCUT2D eigenvalue weighted by atomic mass is 32.1. The summed E-state index contributed by atoms with van der Waals surface area (Å²) in [7, 11) is 0. The number of carbonyl (C=O) groups excluding carboxylic acids is 1. The molecule has 0 saturated carbocycles. The van der Waals surface area contributed by atoms with E-state index in [0.717, 1.165) is 15.6 Å². The van der Waals surface area contributed by atoms with Crippen molar-refractivity contribution in [1.82, 2.24) is 34.7 Å². The van der Waals surface area contributed by atoms with Gasteiger partial charge < -0.3 is 19.0 Å². The van der Waals surface area contributed by atoms with Crippen LogP contribution < -0.4 is 5.56 Å². The highest BCUT2D eigenvalue weighted by Crippen LogP contribution is 2.30. The maximum atomic E-state index is 12.6. The number of aryl methyl sites for hydroxylation is 1. The van der Waals surface area contributed by atoms with Gasteiger partial charge in [-0.05, 0) is 40.5 Å². The van der Waals surface area contributed by atoms with Gasteiger partial charge in [0.25, 0.3) is 11.4 Å². The standard InChI is InChI=1S/C23H27N7O4S/c1-13-11-24-19(35-13)10-18-27-28-21(33-18)15-12-25-30-16(9-17(31)26-20(15)30)14-5-7-29(8-6-14)22(32)34-23(2,3)4/h9,11-12,14H,5-8,10H2,1-4H3,(H,26,31). The number of aromatic amines is 1. The Morgan fingerprint density at radius 1 is 1.26 bits per heavy atom. The van der Waals surface area contributed by atoms with Crippen molar-refractivity contribution in [2.75, 3.05) is 13.1 Å². The first-order chi connectivity index (χ1) is 16.7. The van der Waals surface area contributed by atoms with Gasteiger partial charge in [-0.3, -0.25) is 4.79 Å². The first-order valence-corrected chi connectivity index (χ1v) is 12.3. The second-order valence-electron chi connectivity index (χ2n) is 9.66. The molecule has 5 heterocycles. The van der Waals surface area contributed by atoms with Crippen molar-refractivity contribution in [3.63, 3.8) is 0 Å². The topological polar surface area (TPSA) is 132 Å². The molecule has 1 aliphatic heterocycles. The Bertz CT molecular complexity index is 1420. The molecule has 1 aliphatic rings. The summed E-state index contributed by atoms with van der Waals surface area (Å²) in [6.45, 7) is 8.65. The molecule has 1 saturated heterocycles. The molecule has 1 fully saturated rings. The number of fused-ring (bicyclic) bond motifs is 1. The molecule has 0 spiro atoms. The molecule has 35 heavy (non-hydrogen) atoms. The summed E-state index contributed by atoms with van der Waals surface area (Å²) in [4.78, 5) is 35.0. The van der Waals surface area contributed by atoms with Crippen molar-refractivity contribution in [3.05, 3.63) is 50.3 Å². The van der Waals surface area contributed by atoms with Crippen LogP contribution in [-0.2, 0) is 11.2 Å². The maximum absolute atomic E-state index is 12.6. The first-order valence-electron chi connectivity index (χ1n) is 11.5. The van der Waals surface area contributed by atoms with Crippen LogP contribution in [0, 0.1) is 6.92 Å². The van der Waals surface area contributed by atoms with E-state index in [0.29, 0.717) is 49.5 Å². The summed E-state index contributed by atoms with van der Waals surface area (Å²) in [5.74, 6) is 0.801. The Hall–Kier alpha value is -3.54. The van der Waals surface area contributed by atoms with Crippen LogP contribution in [0.3, 0.4) is 0 Å². The fourth-order valence-electron chi connectivity index (χ4n) is 4.19. The summed E-state index contributed by atoms with van der Waals surface area (Å²) in [5, 5.41) is 13.7. The van der Waals surface area contributed by atoms with Crippen molar-refractivity contribution in [1.29, 1.82) is 0 Å². The van der Waals surface area contributed by atoms with Crippen LogP contribution in [0.1, 0.15) is 61.0 Å². The second kappa shape index (κ2) is 8.91. The van der Waals surface area contributed by atoms with E-state index in [9.17, 15) is 9.59 Å². The third-order valence-corrected chi connectivity index (χ3v) is 6.68. The zero-order valence-electron chi connectivity index (χ0n) is 20.1. The molecule has 4 aromatic rings. The number of aromatic nitrogens is 6. The highest BCUT2D eigenvalue weighted by molar-refractivity contribution is 7.11. The number of piperidine rings is 1. The summed E-state index contributed by atoms with van der Waals surface area (Å²) >= 11 is 1.58. The Labute approximate surface area is 205 Å². The summed E-state index contributed by atoms with van der Waals surface area (Å²) in [5.41, 5.74) is 1.08. The number of rotatable bonds is 4. The third kappa shape index (κ3) is 4.97. The first kappa shape index (κ1) is 23.2. The molecule has 0 bridgehead atoms. The maximum Gasteiger partial charge on any atom is 0.410 e. The predicted molar refractivity (Wildman–Crippen MR) is 129 cm³/mol. The lowest BCUT2D eigenvalue weighted by atomic mass is 9.93. The molecule has 1 amide bonds. The zero-order chi connectivity index (χ0) is 24.7. The number of nitrogens with one attached hydrogen (secondary N) is 1. The molecular weight excluding hydrogens is 470 g/mol. The van der Waals surface area contributed by atoms with E-state index in [1.807, 2.05) is 33.9 Å². The van der Waals surface area contributed by atoms with Crippen LogP contribution in [0.15, 0.2) is 27.7 Å². The van der Waals surface area contributed by atoms with Gasteiger partial charge in [-0.2, -0.15) is 5.10 Å². The molecule has 11 nitrogen and oxygen atoms in total. The fraction of sp³-hybridized carbons (Fsp3) is 0.478. The van der Waals surface area contributed by atoms with Crippen molar-refractivity contribution in [2.24, 2.45) is 0 Å². The van der Waals surface area contributed by atoms with Gasteiger partial charge in [0.15, 0.2) is 0 Å². The van der Waals surface area contributed by atoms with Crippen LogP contribution in [0.4, 0.5) is 4.79 Å². The number of ether oxygens (including phenoxy) is 1. The molecule has 5 rings (SSSR count). The lowest BCUT2D eigenvalue weighted by molar-refractivity contribution is 0.0203. The Kier molecular flexibility index (Phi) is 5.91. The normalized spacial score (nSPS) is 15.1. The zero-order valence-corrected chi connectivity index (χ0v) is 20.9. The molecule has 0 aromatic carbocycles. The SMILES string of the molecule is Cc1cnc(Cc2nnc(-c3cnn4c(C5CCN(C(=O)OC(C)(C)C)CC5)cc(=O)[nH]c34)o2)s1. The van der Waals surface area contributed by atoms with E-state index in [1.54, 1.807) is 33.0 Å². The van der Waals surface area contributed by atoms with Crippen molar-refractivity contribution in [2.45, 2.75) is 58.5 Å². The third-order valence-electron chi connectivity index (χ3n) is 5.77. The number of carbonyl (C=O) groups is 1. The lowest BCUT2D eigenvalue weighted by Crippen LogP contribution is -2.41. The van der Waals surface area contributed by atoms with E-state index in [4.69, 9.17) is 9.15 Å². The van der Waals surface area contributed by atoms with Gasteiger partial charge in [-0.25, -0.2) is 14.3 Å². The lowest BCUT2D eigenvalue weighted by Gasteiger charge is -2.33. The summed E-state index contributed by atoms with van der Waals surface area (Å²) < 4.78 is 13.1. The predicted octanol–water partition coefficient (Wildman–Crippen LogP) is 3.54. The average Bonchev–Trinajstić information content (AvgIpc) is 3.52. The average molecular weight is 498 g/mol. The molecule has 0 unspecified atom stereocenters. The monoisotopic (exact) mass is 497 g/mol. The van der Waals surface area contributed by atoms with Crippen LogP contribution in [-0.4, -0.2) is 59.5 Å². The molecule has 0 aliphatic carbocycles. The van der Waals surface area contributed by atoms with Crippen molar-refractivity contribution in [3.8, 4) is 11.5 Å². The van der Waals surface area contributed by atoms with E-state index in [1.165, 1.54) is 0 Å². The Balaban J connectivity index is 1.36. The van der Waals surface area contributed by atoms with Crippen LogP contribution in [0.25, 0.3) is 17.1 Å². The molecule has 1 N–H and O–H groups in total. The number of nitrogens with zero attached hydrogens (tertiary/aromatic N) is 6.